The molecule has 1 saturated heterocycles. The van der Waals surface area contributed by atoms with E-state index in [2.05, 4.69) is 48.8 Å². The number of nitrogens with zero attached hydrogens (tertiary/aromatic N) is 4. The van der Waals surface area contributed by atoms with E-state index in [1.165, 1.54) is 0 Å². The lowest BCUT2D eigenvalue weighted by atomic mass is 10.2. The maximum Gasteiger partial charge on any atom is 0.226 e. The van der Waals surface area contributed by atoms with Gasteiger partial charge in [0.05, 0.1) is 19.0 Å². The molecule has 0 aromatic carbocycles. The zero-order valence-electron chi connectivity index (χ0n) is 15.7. The lowest BCUT2D eigenvalue weighted by Gasteiger charge is -2.37. The predicted molar refractivity (Wildman–Crippen MR) is 102 cm³/mol. The second kappa shape index (κ2) is 6.72. The molecule has 8 nitrogen and oxygen atoms in total. The standard InChI is InChI=1S/C16H26ClN5O3Si/c1-16(2,3)26(4,5)24-7-10-9(23)6-11(25-10)22-8-19-12-13(18)20-15(17)21-14(12)22/h8-11,23H,6-7H2,1-5H3,(H2,18,20,21)/t9?,10-,11-/m1/s1. The summed E-state index contributed by atoms with van der Waals surface area (Å²) in [6.45, 7) is 11.3. The lowest BCUT2D eigenvalue weighted by molar-refractivity contribution is -0.0405. The number of aliphatic hydroxyl groups is 1. The van der Waals surface area contributed by atoms with Gasteiger partial charge in [-0.15, -0.1) is 0 Å². The minimum Gasteiger partial charge on any atom is -0.414 e. The molecule has 1 fully saturated rings. The van der Waals surface area contributed by atoms with E-state index in [-0.39, 0.29) is 16.1 Å². The van der Waals surface area contributed by atoms with Gasteiger partial charge in [0.2, 0.25) is 5.28 Å². The molecule has 0 radical (unpaired) electrons. The molecule has 1 aliphatic heterocycles. The van der Waals surface area contributed by atoms with E-state index in [4.69, 9.17) is 26.5 Å². The Balaban J connectivity index is 1.75. The number of halogens is 1. The van der Waals surface area contributed by atoms with Crippen LogP contribution in [0.4, 0.5) is 5.82 Å². The van der Waals surface area contributed by atoms with Gasteiger partial charge in [-0.1, -0.05) is 20.8 Å². The third-order valence-electron chi connectivity index (χ3n) is 5.35. The van der Waals surface area contributed by atoms with Crippen LogP contribution in [-0.2, 0) is 9.16 Å². The Morgan fingerprint density at radius 3 is 2.77 bits per heavy atom. The Morgan fingerprint density at radius 1 is 1.42 bits per heavy atom. The van der Waals surface area contributed by atoms with Crippen LogP contribution in [0, 0.1) is 0 Å². The van der Waals surface area contributed by atoms with Gasteiger partial charge in [-0.2, -0.15) is 9.97 Å². The van der Waals surface area contributed by atoms with Crippen LogP contribution in [0.25, 0.3) is 11.2 Å². The van der Waals surface area contributed by atoms with Crippen LogP contribution in [0.1, 0.15) is 33.4 Å². The fourth-order valence-corrected chi connectivity index (χ4v) is 3.85. The van der Waals surface area contributed by atoms with Crippen molar-refractivity contribution < 1.29 is 14.3 Å². The van der Waals surface area contributed by atoms with Crippen molar-refractivity contribution in [3.63, 3.8) is 0 Å². The predicted octanol–water partition coefficient (Wildman–Crippen LogP) is 2.73. The first-order valence-electron chi connectivity index (χ1n) is 8.62. The summed E-state index contributed by atoms with van der Waals surface area (Å²) >= 11 is 5.91. The Bertz CT molecular complexity index is 807. The molecule has 0 saturated carbocycles. The van der Waals surface area contributed by atoms with Gasteiger partial charge in [0, 0.05) is 6.42 Å². The monoisotopic (exact) mass is 399 g/mol. The van der Waals surface area contributed by atoms with Crippen molar-refractivity contribution in [3.05, 3.63) is 11.6 Å². The molecule has 26 heavy (non-hydrogen) atoms. The fourth-order valence-electron chi connectivity index (χ4n) is 2.66. The highest BCUT2D eigenvalue weighted by atomic mass is 35.5. The minimum absolute atomic E-state index is 0.0492. The zero-order valence-corrected chi connectivity index (χ0v) is 17.5. The Labute approximate surface area is 158 Å². The smallest absolute Gasteiger partial charge is 0.226 e. The molecule has 1 aliphatic rings. The molecule has 3 atom stereocenters. The van der Waals surface area contributed by atoms with Crippen LogP contribution >= 0.6 is 11.6 Å². The summed E-state index contributed by atoms with van der Waals surface area (Å²) < 4.78 is 14.0. The largest absolute Gasteiger partial charge is 0.414 e. The molecule has 0 aliphatic carbocycles. The second-order valence-electron chi connectivity index (χ2n) is 8.21. The van der Waals surface area contributed by atoms with E-state index in [9.17, 15) is 5.11 Å². The summed E-state index contributed by atoms with van der Waals surface area (Å²) in [5, 5.41) is 10.6. The molecule has 3 rings (SSSR count). The number of aromatic nitrogens is 4. The number of anilines is 1. The van der Waals surface area contributed by atoms with Crippen molar-refractivity contribution in [3.8, 4) is 0 Å². The van der Waals surface area contributed by atoms with Crippen LogP contribution in [0.5, 0.6) is 0 Å². The SMILES string of the molecule is CC(C)(C)[Si](C)(C)OC[C@H]1O[C@@H](n2cnc3c(N)nc(Cl)nc32)CC1O. The summed E-state index contributed by atoms with van der Waals surface area (Å²) in [5.41, 5.74) is 6.80. The fraction of sp³-hybridized carbons (Fsp3) is 0.688. The molecule has 10 heteroatoms. The molecular formula is C16H26ClN5O3Si. The minimum atomic E-state index is -1.91. The van der Waals surface area contributed by atoms with Crippen molar-refractivity contribution >= 4 is 36.9 Å². The van der Waals surface area contributed by atoms with Crippen LogP contribution in [0.2, 0.25) is 23.4 Å². The zero-order chi connectivity index (χ0) is 19.3. The topological polar surface area (TPSA) is 108 Å². The van der Waals surface area contributed by atoms with Gasteiger partial charge >= 0.3 is 0 Å². The van der Waals surface area contributed by atoms with Crippen molar-refractivity contribution in [1.29, 1.82) is 0 Å². The highest BCUT2D eigenvalue weighted by molar-refractivity contribution is 6.74. The summed E-state index contributed by atoms with van der Waals surface area (Å²) in [7, 11) is -1.91. The molecule has 2 aromatic heterocycles. The number of nitrogen functional groups attached to an aromatic ring is 1. The van der Waals surface area contributed by atoms with E-state index in [0.29, 0.717) is 24.2 Å². The van der Waals surface area contributed by atoms with Crippen LogP contribution in [0.15, 0.2) is 6.33 Å². The summed E-state index contributed by atoms with van der Waals surface area (Å²) in [4.78, 5) is 12.3. The average molecular weight is 400 g/mol. The maximum atomic E-state index is 10.4. The van der Waals surface area contributed by atoms with Crippen LogP contribution in [-0.4, -0.2) is 51.8 Å². The van der Waals surface area contributed by atoms with Crippen molar-refractivity contribution in [2.24, 2.45) is 0 Å². The van der Waals surface area contributed by atoms with E-state index in [1.807, 2.05) is 0 Å². The number of hydrogen-bond donors (Lipinski definition) is 2. The van der Waals surface area contributed by atoms with Gasteiger partial charge < -0.3 is 20.0 Å². The quantitative estimate of drug-likeness (QED) is 0.600. The Kier molecular flexibility index (Phi) is 5.04. The van der Waals surface area contributed by atoms with Crippen LogP contribution < -0.4 is 5.73 Å². The first-order valence-corrected chi connectivity index (χ1v) is 11.9. The van der Waals surface area contributed by atoms with Gasteiger partial charge in [-0.3, -0.25) is 4.57 Å². The molecule has 0 spiro atoms. The Hall–Kier alpha value is -1.26. The molecule has 3 N–H and O–H groups in total. The number of rotatable bonds is 4. The van der Waals surface area contributed by atoms with Gasteiger partial charge in [0.1, 0.15) is 17.8 Å². The van der Waals surface area contributed by atoms with E-state index >= 15 is 0 Å². The molecule has 1 unspecified atom stereocenters. The number of nitrogens with two attached hydrogens (primary N) is 1. The number of imidazole rings is 1. The number of hydrogen-bond acceptors (Lipinski definition) is 7. The molecule has 0 amide bonds. The van der Waals surface area contributed by atoms with Crippen molar-refractivity contribution in [2.75, 3.05) is 12.3 Å². The number of ether oxygens (including phenoxy) is 1. The average Bonchev–Trinajstić information content (AvgIpc) is 3.07. The highest BCUT2D eigenvalue weighted by Crippen LogP contribution is 2.38. The second-order valence-corrected chi connectivity index (χ2v) is 13.4. The van der Waals surface area contributed by atoms with Gasteiger partial charge in [0.25, 0.3) is 0 Å². The summed E-state index contributed by atoms with van der Waals surface area (Å²) in [6.07, 6.45) is 0.561. The van der Waals surface area contributed by atoms with Crippen molar-refractivity contribution in [2.45, 2.75) is 63.8 Å². The molecule has 144 valence electrons. The normalized spacial score (nSPS) is 24.5. The Morgan fingerprint density at radius 2 is 2.12 bits per heavy atom. The summed E-state index contributed by atoms with van der Waals surface area (Å²) in [6, 6.07) is 0. The first kappa shape index (κ1) is 19.5. The molecule has 2 aromatic rings. The van der Waals surface area contributed by atoms with Crippen molar-refractivity contribution in [1.82, 2.24) is 19.5 Å². The number of fused-ring (bicyclic) bond motifs is 1. The lowest BCUT2D eigenvalue weighted by Crippen LogP contribution is -2.43. The first-order chi connectivity index (χ1) is 12.0. The van der Waals surface area contributed by atoms with Crippen LogP contribution in [0.3, 0.4) is 0 Å². The van der Waals surface area contributed by atoms with Gasteiger partial charge in [0.15, 0.2) is 19.8 Å². The highest BCUT2D eigenvalue weighted by Gasteiger charge is 2.41. The molecule has 3 heterocycles. The van der Waals surface area contributed by atoms with E-state index in [0.717, 1.165) is 0 Å². The molecular weight excluding hydrogens is 374 g/mol. The number of aliphatic hydroxyl groups excluding tert-OH is 1. The third-order valence-corrected chi connectivity index (χ3v) is 10.0. The molecule has 0 bridgehead atoms. The van der Waals surface area contributed by atoms with E-state index < -0.39 is 26.8 Å². The third kappa shape index (κ3) is 3.59. The van der Waals surface area contributed by atoms with E-state index in [1.54, 1.807) is 10.9 Å². The van der Waals surface area contributed by atoms with Gasteiger partial charge in [-0.25, -0.2) is 4.98 Å². The summed E-state index contributed by atoms with van der Waals surface area (Å²) in [5.74, 6) is 0.218. The van der Waals surface area contributed by atoms with Gasteiger partial charge in [-0.05, 0) is 29.7 Å². The maximum absolute atomic E-state index is 10.4.